The molecular weight excluding hydrogens is 535 g/mol. The van der Waals surface area contributed by atoms with Gasteiger partial charge in [-0.05, 0) is 84.7 Å². The molecule has 0 aliphatic rings. The molecule has 0 aliphatic carbocycles. The van der Waals surface area contributed by atoms with Gasteiger partial charge in [-0.2, -0.15) is 13.2 Å². The number of hydrogen-bond acceptors (Lipinski definition) is 5. The highest BCUT2D eigenvalue weighted by Crippen LogP contribution is 2.32. The molecule has 0 radical (unpaired) electrons. The molecule has 5 N–H and O–H groups in total. The fourth-order valence-electron chi connectivity index (χ4n) is 3.98. The van der Waals surface area contributed by atoms with Crippen LogP contribution in [0.3, 0.4) is 0 Å². The van der Waals surface area contributed by atoms with Crippen molar-refractivity contribution in [1.82, 2.24) is 21.3 Å². The third-order valence-corrected chi connectivity index (χ3v) is 5.82. The van der Waals surface area contributed by atoms with Crippen LogP contribution < -0.4 is 26.6 Å². The molecule has 0 bridgehead atoms. The SMILES string of the molecule is Cc1ccc(CNCC(NC(=O)CNC(=O)c2cc(C(F)(F)F)ccc2NC(C)(C)C)C(=O)NC(C)(C)C)c(C)c1. The summed E-state index contributed by atoms with van der Waals surface area (Å²) in [4.78, 5) is 38.7. The van der Waals surface area contributed by atoms with E-state index in [0.717, 1.165) is 28.8 Å². The summed E-state index contributed by atoms with van der Waals surface area (Å²) in [6.07, 6.45) is -4.65. The first-order valence-electron chi connectivity index (χ1n) is 13.4. The number of carbonyl (C=O) groups is 3. The molecule has 8 nitrogen and oxygen atoms in total. The zero-order valence-electron chi connectivity index (χ0n) is 25.0. The second-order valence-electron chi connectivity index (χ2n) is 12.2. The Labute approximate surface area is 240 Å². The fourth-order valence-corrected chi connectivity index (χ4v) is 3.98. The lowest BCUT2D eigenvalue weighted by Crippen LogP contribution is -2.56. The van der Waals surface area contributed by atoms with Crippen LogP contribution in [0.15, 0.2) is 36.4 Å². The van der Waals surface area contributed by atoms with E-state index in [4.69, 9.17) is 0 Å². The van der Waals surface area contributed by atoms with Crippen molar-refractivity contribution in [3.05, 3.63) is 64.2 Å². The van der Waals surface area contributed by atoms with E-state index in [1.165, 1.54) is 6.07 Å². The van der Waals surface area contributed by atoms with Gasteiger partial charge in [0, 0.05) is 29.9 Å². The van der Waals surface area contributed by atoms with Crippen molar-refractivity contribution in [2.75, 3.05) is 18.4 Å². The van der Waals surface area contributed by atoms with Crippen LogP contribution in [0.2, 0.25) is 0 Å². The summed E-state index contributed by atoms with van der Waals surface area (Å²) in [6, 6.07) is 7.91. The van der Waals surface area contributed by atoms with Crippen LogP contribution in [0.25, 0.3) is 0 Å². The minimum Gasteiger partial charge on any atom is -0.380 e. The molecule has 0 heterocycles. The molecule has 2 aromatic rings. The summed E-state index contributed by atoms with van der Waals surface area (Å²) in [5.41, 5.74) is 1.14. The highest BCUT2D eigenvalue weighted by Gasteiger charge is 2.32. The number of amides is 3. The number of nitrogens with one attached hydrogen (secondary N) is 5. The number of aryl methyl sites for hydroxylation is 2. The van der Waals surface area contributed by atoms with Gasteiger partial charge in [-0.1, -0.05) is 23.8 Å². The normalized spacial score (nSPS) is 12.9. The molecule has 1 unspecified atom stereocenters. The molecule has 0 saturated carbocycles. The minimum atomic E-state index is -4.65. The summed E-state index contributed by atoms with van der Waals surface area (Å²) in [7, 11) is 0. The second kappa shape index (κ2) is 13.4. The van der Waals surface area contributed by atoms with Crippen molar-refractivity contribution in [2.45, 2.75) is 85.2 Å². The Morgan fingerprint density at radius 2 is 1.54 bits per heavy atom. The number of alkyl halides is 3. The minimum absolute atomic E-state index is 0.113. The van der Waals surface area contributed by atoms with Gasteiger partial charge in [-0.3, -0.25) is 14.4 Å². The first kappa shape index (κ1) is 33.6. The first-order chi connectivity index (χ1) is 18.7. The van der Waals surface area contributed by atoms with E-state index in [-0.39, 0.29) is 17.8 Å². The lowest BCUT2D eigenvalue weighted by Gasteiger charge is -2.26. The molecular formula is C30H42F3N5O3. The predicted molar refractivity (Wildman–Crippen MR) is 155 cm³/mol. The third-order valence-electron chi connectivity index (χ3n) is 5.82. The third kappa shape index (κ3) is 11.4. The zero-order chi connectivity index (χ0) is 31.2. The molecule has 2 aromatic carbocycles. The van der Waals surface area contributed by atoms with Crippen LogP contribution >= 0.6 is 0 Å². The van der Waals surface area contributed by atoms with Crippen molar-refractivity contribution in [2.24, 2.45) is 0 Å². The largest absolute Gasteiger partial charge is 0.416 e. The Balaban J connectivity index is 2.13. The van der Waals surface area contributed by atoms with Gasteiger partial charge in [0.25, 0.3) is 5.91 Å². The fraction of sp³-hybridized carbons (Fsp3) is 0.500. The van der Waals surface area contributed by atoms with Gasteiger partial charge < -0.3 is 26.6 Å². The Bertz CT molecular complexity index is 1250. The second-order valence-corrected chi connectivity index (χ2v) is 12.2. The Hall–Kier alpha value is -3.60. The standard InChI is InChI=1S/C30H42F3N5O3/c1-18-9-10-20(19(2)13-18)15-34-16-24(27(41)38-29(6,7)8)36-25(39)17-35-26(40)22-14-21(30(31,32)33)11-12-23(22)37-28(3,4)5/h9-14,24,34,37H,15-17H2,1-8H3,(H,35,40)(H,36,39)(H,38,41). The summed E-state index contributed by atoms with van der Waals surface area (Å²) in [5.74, 6) is -1.94. The Kier molecular flexibility index (Phi) is 11.0. The molecule has 11 heteroatoms. The molecule has 0 aromatic heterocycles. The molecule has 41 heavy (non-hydrogen) atoms. The van der Waals surface area contributed by atoms with E-state index in [2.05, 4.69) is 32.7 Å². The maximum Gasteiger partial charge on any atom is 0.416 e. The summed E-state index contributed by atoms with van der Waals surface area (Å²) in [5, 5.41) is 14.1. The highest BCUT2D eigenvalue weighted by molar-refractivity contribution is 6.01. The van der Waals surface area contributed by atoms with Crippen LogP contribution in [0.5, 0.6) is 0 Å². The van der Waals surface area contributed by atoms with Gasteiger partial charge in [-0.15, -0.1) is 0 Å². The quantitative estimate of drug-likeness (QED) is 0.287. The van der Waals surface area contributed by atoms with Crippen molar-refractivity contribution in [3.8, 4) is 0 Å². The zero-order valence-corrected chi connectivity index (χ0v) is 25.0. The number of benzene rings is 2. The smallest absolute Gasteiger partial charge is 0.380 e. The van der Waals surface area contributed by atoms with Gasteiger partial charge >= 0.3 is 6.18 Å². The van der Waals surface area contributed by atoms with Crippen LogP contribution in [-0.4, -0.2) is 47.9 Å². The van der Waals surface area contributed by atoms with Gasteiger partial charge in [0.05, 0.1) is 17.7 Å². The molecule has 0 aliphatic heterocycles. The van der Waals surface area contributed by atoms with Crippen molar-refractivity contribution >= 4 is 23.4 Å². The van der Waals surface area contributed by atoms with E-state index in [0.29, 0.717) is 6.54 Å². The van der Waals surface area contributed by atoms with Gasteiger partial charge in [-0.25, -0.2) is 0 Å². The molecule has 0 saturated heterocycles. The topological polar surface area (TPSA) is 111 Å². The van der Waals surface area contributed by atoms with Crippen molar-refractivity contribution in [3.63, 3.8) is 0 Å². The molecule has 226 valence electrons. The van der Waals surface area contributed by atoms with Crippen LogP contribution in [0.1, 0.15) is 74.2 Å². The molecule has 2 rings (SSSR count). The highest BCUT2D eigenvalue weighted by atomic mass is 19.4. The number of hydrogen-bond donors (Lipinski definition) is 5. The van der Waals surface area contributed by atoms with E-state index in [9.17, 15) is 27.6 Å². The van der Waals surface area contributed by atoms with Gasteiger partial charge in [0.2, 0.25) is 11.8 Å². The average Bonchev–Trinajstić information content (AvgIpc) is 2.80. The number of carbonyl (C=O) groups excluding carboxylic acids is 3. The van der Waals surface area contributed by atoms with Crippen molar-refractivity contribution < 1.29 is 27.6 Å². The predicted octanol–water partition coefficient (Wildman–Crippen LogP) is 4.45. The molecule has 0 spiro atoms. The summed E-state index contributed by atoms with van der Waals surface area (Å²) in [6.45, 7) is 14.9. The van der Waals surface area contributed by atoms with Crippen LogP contribution in [0.4, 0.5) is 18.9 Å². The first-order valence-corrected chi connectivity index (χ1v) is 13.4. The maximum absolute atomic E-state index is 13.3. The van der Waals surface area contributed by atoms with Gasteiger partial charge in [0.15, 0.2) is 0 Å². The van der Waals surface area contributed by atoms with Gasteiger partial charge in [0.1, 0.15) is 6.04 Å². The average molecular weight is 578 g/mol. The summed E-state index contributed by atoms with van der Waals surface area (Å²) < 4.78 is 40.0. The lowest BCUT2D eigenvalue weighted by molar-refractivity contribution is -0.137. The number of rotatable bonds is 10. The Morgan fingerprint density at radius 3 is 2.10 bits per heavy atom. The van der Waals surface area contributed by atoms with E-state index < -0.39 is 53.1 Å². The molecule has 1 atom stereocenters. The van der Waals surface area contributed by atoms with E-state index >= 15 is 0 Å². The van der Waals surface area contributed by atoms with Crippen LogP contribution in [-0.2, 0) is 22.3 Å². The number of anilines is 1. The van der Waals surface area contributed by atoms with Crippen molar-refractivity contribution in [1.29, 1.82) is 0 Å². The van der Waals surface area contributed by atoms with E-state index in [1.54, 1.807) is 20.8 Å². The van der Waals surface area contributed by atoms with E-state index in [1.807, 2.05) is 46.8 Å². The lowest BCUT2D eigenvalue weighted by atomic mass is 10.0. The molecule has 3 amide bonds. The Morgan fingerprint density at radius 1 is 0.878 bits per heavy atom. The molecule has 0 fully saturated rings. The number of halogens is 3. The monoisotopic (exact) mass is 577 g/mol. The summed E-state index contributed by atoms with van der Waals surface area (Å²) >= 11 is 0. The maximum atomic E-state index is 13.3. The van der Waals surface area contributed by atoms with Crippen LogP contribution in [0, 0.1) is 13.8 Å².